The van der Waals surface area contributed by atoms with Gasteiger partial charge in [0.15, 0.2) is 0 Å². The van der Waals surface area contributed by atoms with Crippen LogP contribution in [-0.4, -0.2) is 24.6 Å². The Morgan fingerprint density at radius 2 is 2.27 bits per heavy atom. The van der Waals surface area contributed by atoms with Gasteiger partial charge in [-0.3, -0.25) is 0 Å². The molecule has 2 nitrogen and oxygen atoms in total. The first-order valence-corrected chi connectivity index (χ1v) is 6.73. The number of aliphatic hydroxyl groups is 1. The molecule has 0 aliphatic carbocycles. The lowest BCUT2D eigenvalue weighted by molar-refractivity contribution is 0.296. The molecule has 0 atom stereocenters. The van der Waals surface area contributed by atoms with E-state index in [9.17, 15) is 0 Å². The monoisotopic (exact) mass is 290 g/mol. The van der Waals surface area contributed by atoms with Crippen LogP contribution in [0.25, 0.3) is 0 Å². The van der Waals surface area contributed by atoms with Crippen molar-refractivity contribution >= 4 is 27.7 Å². The van der Waals surface area contributed by atoms with Crippen LogP contribution < -0.4 is 4.74 Å². The number of benzene rings is 1. The Morgan fingerprint density at radius 3 is 2.87 bits per heavy atom. The van der Waals surface area contributed by atoms with Gasteiger partial charge < -0.3 is 9.84 Å². The lowest BCUT2D eigenvalue weighted by Gasteiger charge is -2.06. The van der Waals surface area contributed by atoms with E-state index in [1.165, 1.54) is 5.56 Å². The molecule has 1 aromatic carbocycles. The fraction of sp³-hybridized carbons (Fsp3) is 0.455. The molecule has 0 aromatic heterocycles. The largest absolute Gasteiger partial charge is 0.496 e. The SMILES string of the molecule is COc1ccc(CSCCCO)cc1Br. The standard InChI is InChI=1S/C11H15BrO2S/c1-14-11-4-3-9(7-10(11)12)8-15-6-2-5-13/h3-4,7,13H,2,5-6,8H2,1H3. The Bertz CT molecular complexity index is 305. The van der Waals surface area contributed by atoms with E-state index in [0.717, 1.165) is 28.1 Å². The number of aliphatic hydroxyl groups excluding tert-OH is 1. The second-order valence-electron chi connectivity index (χ2n) is 3.10. The van der Waals surface area contributed by atoms with Crippen molar-refractivity contribution in [2.75, 3.05) is 19.5 Å². The molecule has 1 N–H and O–H groups in total. The first-order chi connectivity index (χ1) is 7.27. The van der Waals surface area contributed by atoms with E-state index in [1.807, 2.05) is 17.8 Å². The van der Waals surface area contributed by atoms with Gasteiger partial charge in [0.05, 0.1) is 11.6 Å². The van der Waals surface area contributed by atoms with Gasteiger partial charge >= 0.3 is 0 Å². The van der Waals surface area contributed by atoms with Gasteiger partial charge in [-0.05, 0) is 45.8 Å². The molecule has 0 aliphatic rings. The summed E-state index contributed by atoms with van der Waals surface area (Å²) < 4.78 is 6.15. The third-order valence-corrected chi connectivity index (χ3v) is 3.67. The molecule has 0 fully saturated rings. The lowest BCUT2D eigenvalue weighted by Crippen LogP contribution is -1.89. The van der Waals surface area contributed by atoms with Crippen molar-refractivity contribution in [3.05, 3.63) is 28.2 Å². The van der Waals surface area contributed by atoms with Gasteiger partial charge in [0, 0.05) is 12.4 Å². The van der Waals surface area contributed by atoms with Gasteiger partial charge in [-0.25, -0.2) is 0 Å². The van der Waals surface area contributed by atoms with E-state index in [2.05, 4.69) is 28.1 Å². The highest BCUT2D eigenvalue weighted by Crippen LogP contribution is 2.27. The van der Waals surface area contributed by atoms with Gasteiger partial charge in [-0.1, -0.05) is 6.07 Å². The Kier molecular flexibility index (Phi) is 6.13. The number of hydrogen-bond acceptors (Lipinski definition) is 3. The molecule has 0 heterocycles. The lowest BCUT2D eigenvalue weighted by atomic mass is 10.2. The van der Waals surface area contributed by atoms with Gasteiger partial charge in [0.2, 0.25) is 0 Å². The molecule has 0 saturated carbocycles. The second kappa shape index (κ2) is 7.14. The minimum Gasteiger partial charge on any atom is -0.496 e. The molecule has 0 amide bonds. The number of rotatable bonds is 6. The van der Waals surface area contributed by atoms with E-state index >= 15 is 0 Å². The summed E-state index contributed by atoms with van der Waals surface area (Å²) in [6.07, 6.45) is 0.863. The molecule has 0 spiro atoms. The summed E-state index contributed by atoms with van der Waals surface area (Å²) in [5, 5.41) is 8.64. The molecule has 0 unspecified atom stereocenters. The Labute approximate surface area is 103 Å². The fourth-order valence-electron chi connectivity index (χ4n) is 1.16. The number of hydrogen-bond donors (Lipinski definition) is 1. The molecular weight excluding hydrogens is 276 g/mol. The van der Waals surface area contributed by atoms with Crippen LogP contribution in [0.2, 0.25) is 0 Å². The molecule has 0 saturated heterocycles. The highest BCUT2D eigenvalue weighted by Gasteiger charge is 2.01. The summed E-state index contributed by atoms with van der Waals surface area (Å²) >= 11 is 5.29. The number of halogens is 1. The second-order valence-corrected chi connectivity index (χ2v) is 5.06. The van der Waals surface area contributed by atoms with Crippen molar-refractivity contribution < 1.29 is 9.84 Å². The van der Waals surface area contributed by atoms with Crippen LogP contribution in [0.4, 0.5) is 0 Å². The molecule has 0 aliphatic heterocycles. The molecule has 0 radical (unpaired) electrons. The number of thioether (sulfide) groups is 1. The highest BCUT2D eigenvalue weighted by molar-refractivity contribution is 9.10. The zero-order chi connectivity index (χ0) is 11.1. The Hall–Kier alpha value is -0.190. The summed E-state index contributed by atoms with van der Waals surface area (Å²) in [7, 11) is 1.66. The zero-order valence-electron chi connectivity index (χ0n) is 8.70. The number of methoxy groups -OCH3 is 1. The first-order valence-electron chi connectivity index (χ1n) is 4.79. The summed E-state index contributed by atoms with van der Waals surface area (Å²) in [6, 6.07) is 6.10. The minimum atomic E-state index is 0.277. The molecule has 84 valence electrons. The summed E-state index contributed by atoms with van der Waals surface area (Å²) in [5.74, 6) is 2.84. The molecule has 15 heavy (non-hydrogen) atoms. The van der Waals surface area contributed by atoms with Crippen molar-refractivity contribution in [3.63, 3.8) is 0 Å². The van der Waals surface area contributed by atoms with Crippen LogP contribution in [-0.2, 0) is 5.75 Å². The normalized spacial score (nSPS) is 10.3. The maximum atomic E-state index is 8.64. The third kappa shape index (κ3) is 4.45. The number of ether oxygens (including phenoxy) is 1. The predicted molar refractivity (Wildman–Crippen MR) is 68.6 cm³/mol. The maximum Gasteiger partial charge on any atom is 0.133 e. The van der Waals surface area contributed by atoms with E-state index in [1.54, 1.807) is 7.11 Å². The molecule has 1 rings (SSSR count). The first kappa shape index (κ1) is 12.9. The van der Waals surface area contributed by atoms with Gasteiger partial charge in [0.25, 0.3) is 0 Å². The average Bonchev–Trinajstić information content (AvgIpc) is 2.25. The average molecular weight is 291 g/mol. The topological polar surface area (TPSA) is 29.5 Å². The summed E-state index contributed by atoms with van der Waals surface area (Å²) in [4.78, 5) is 0. The van der Waals surface area contributed by atoms with Crippen molar-refractivity contribution in [1.82, 2.24) is 0 Å². The van der Waals surface area contributed by atoms with Crippen LogP contribution in [0.3, 0.4) is 0 Å². The molecule has 4 heteroatoms. The molecular formula is C11H15BrO2S. The fourth-order valence-corrected chi connectivity index (χ4v) is 2.64. The van der Waals surface area contributed by atoms with E-state index in [-0.39, 0.29) is 6.61 Å². The van der Waals surface area contributed by atoms with Gasteiger partial charge in [-0.15, -0.1) is 0 Å². The van der Waals surface area contributed by atoms with E-state index in [0.29, 0.717) is 0 Å². The van der Waals surface area contributed by atoms with Crippen molar-refractivity contribution in [1.29, 1.82) is 0 Å². The smallest absolute Gasteiger partial charge is 0.133 e. The quantitative estimate of drug-likeness (QED) is 0.817. The van der Waals surface area contributed by atoms with E-state index < -0.39 is 0 Å². The molecule has 0 bridgehead atoms. The van der Waals surface area contributed by atoms with Crippen molar-refractivity contribution in [2.24, 2.45) is 0 Å². The Balaban J connectivity index is 2.45. The summed E-state index contributed by atoms with van der Waals surface area (Å²) in [6.45, 7) is 0.277. The summed E-state index contributed by atoms with van der Waals surface area (Å²) in [5.41, 5.74) is 1.27. The van der Waals surface area contributed by atoms with Crippen LogP contribution in [0.15, 0.2) is 22.7 Å². The zero-order valence-corrected chi connectivity index (χ0v) is 11.1. The van der Waals surface area contributed by atoms with Crippen molar-refractivity contribution in [3.8, 4) is 5.75 Å². The van der Waals surface area contributed by atoms with Crippen LogP contribution in [0, 0.1) is 0 Å². The van der Waals surface area contributed by atoms with Gasteiger partial charge in [0.1, 0.15) is 5.75 Å². The minimum absolute atomic E-state index is 0.277. The maximum absolute atomic E-state index is 8.64. The van der Waals surface area contributed by atoms with Crippen molar-refractivity contribution in [2.45, 2.75) is 12.2 Å². The van der Waals surface area contributed by atoms with Crippen LogP contribution >= 0.6 is 27.7 Å². The van der Waals surface area contributed by atoms with E-state index in [4.69, 9.17) is 9.84 Å². The third-order valence-electron chi connectivity index (χ3n) is 1.93. The van der Waals surface area contributed by atoms with Crippen LogP contribution in [0.1, 0.15) is 12.0 Å². The molecule has 1 aromatic rings. The predicted octanol–water partition coefficient (Wildman–Crippen LogP) is 3.07. The Morgan fingerprint density at radius 1 is 1.47 bits per heavy atom. The van der Waals surface area contributed by atoms with Gasteiger partial charge in [-0.2, -0.15) is 11.8 Å². The van der Waals surface area contributed by atoms with Crippen LogP contribution in [0.5, 0.6) is 5.75 Å². The highest BCUT2D eigenvalue weighted by atomic mass is 79.9.